The summed E-state index contributed by atoms with van der Waals surface area (Å²) in [7, 11) is 1.56. The Kier molecular flexibility index (Phi) is 5.93. The maximum atomic E-state index is 11.3. The van der Waals surface area contributed by atoms with Gasteiger partial charge in [-0.3, -0.25) is 0 Å². The van der Waals surface area contributed by atoms with Crippen LogP contribution in [0.15, 0.2) is 48.5 Å². The second-order valence-corrected chi connectivity index (χ2v) is 6.58. The number of thiazole rings is 1. The molecule has 2 aromatic carbocycles. The first-order valence-corrected chi connectivity index (χ1v) is 9.10. The van der Waals surface area contributed by atoms with Gasteiger partial charge in [0, 0.05) is 0 Å². The van der Waals surface area contributed by atoms with E-state index in [0.717, 1.165) is 17.1 Å². The summed E-state index contributed by atoms with van der Waals surface area (Å²) in [5.41, 5.74) is 1.17. The first-order valence-electron chi connectivity index (χ1n) is 8.29. The van der Waals surface area contributed by atoms with Crippen molar-refractivity contribution in [1.82, 2.24) is 4.98 Å². The maximum absolute atomic E-state index is 11.3. The molecule has 3 rings (SSSR count). The standard InChI is InChI=1S/C20H19NO5S/c1-13-18(20(22)23)27-19(21-13)15-9-6-10-16(24-2)17(15)26-12-11-25-14-7-4-3-5-8-14/h3-10H,11-12H2,1-2H3,(H,22,23). The average molecular weight is 385 g/mol. The fourth-order valence-electron chi connectivity index (χ4n) is 2.52. The van der Waals surface area contributed by atoms with Gasteiger partial charge in [0.2, 0.25) is 0 Å². The fourth-order valence-corrected chi connectivity index (χ4v) is 3.45. The Morgan fingerprint density at radius 2 is 1.81 bits per heavy atom. The van der Waals surface area contributed by atoms with Crippen LogP contribution in [-0.2, 0) is 0 Å². The molecule has 0 bridgehead atoms. The summed E-state index contributed by atoms with van der Waals surface area (Å²) in [6.07, 6.45) is 0. The number of carbonyl (C=O) groups is 1. The SMILES string of the molecule is COc1cccc(-c2nc(C)c(C(=O)O)s2)c1OCCOc1ccccc1. The summed E-state index contributed by atoms with van der Waals surface area (Å²) < 4.78 is 17.0. The second-order valence-electron chi connectivity index (χ2n) is 5.59. The Morgan fingerprint density at radius 3 is 2.48 bits per heavy atom. The third-order valence-corrected chi connectivity index (χ3v) is 4.94. The number of para-hydroxylation sites is 2. The molecule has 27 heavy (non-hydrogen) atoms. The van der Waals surface area contributed by atoms with Gasteiger partial charge in [-0.1, -0.05) is 24.3 Å². The number of benzene rings is 2. The number of carboxylic acid groups (broad SMARTS) is 1. The predicted molar refractivity (Wildman–Crippen MR) is 103 cm³/mol. The molecule has 7 heteroatoms. The summed E-state index contributed by atoms with van der Waals surface area (Å²) in [6, 6.07) is 14.9. The van der Waals surface area contributed by atoms with Crippen LogP contribution in [0, 0.1) is 6.92 Å². The molecule has 0 saturated carbocycles. The van der Waals surface area contributed by atoms with Crippen LogP contribution in [0.1, 0.15) is 15.4 Å². The van der Waals surface area contributed by atoms with Crippen LogP contribution in [0.25, 0.3) is 10.6 Å². The van der Waals surface area contributed by atoms with Gasteiger partial charge in [-0.15, -0.1) is 11.3 Å². The van der Waals surface area contributed by atoms with Gasteiger partial charge in [-0.2, -0.15) is 0 Å². The molecular formula is C20H19NO5S. The minimum absolute atomic E-state index is 0.214. The number of aromatic nitrogens is 1. The Labute approximate surface area is 161 Å². The van der Waals surface area contributed by atoms with E-state index < -0.39 is 5.97 Å². The molecule has 3 aromatic rings. The third-order valence-electron chi connectivity index (χ3n) is 3.76. The second kappa shape index (κ2) is 8.55. The molecule has 6 nitrogen and oxygen atoms in total. The van der Waals surface area contributed by atoms with Crippen molar-refractivity contribution >= 4 is 17.3 Å². The van der Waals surface area contributed by atoms with Crippen LogP contribution in [0.3, 0.4) is 0 Å². The lowest BCUT2D eigenvalue weighted by Gasteiger charge is -2.14. The quantitative estimate of drug-likeness (QED) is 0.583. The van der Waals surface area contributed by atoms with E-state index in [9.17, 15) is 9.90 Å². The first-order chi connectivity index (χ1) is 13.1. The Hall–Kier alpha value is -3.06. The molecule has 140 valence electrons. The highest BCUT2D eigenvalue weighted by atomic mass is 32.1. The summed E-state index contributed by atoms with van der Waals surface area (Å²) >= 11 is 1.11. The van der Waals surface area contributed by atoms with Gasteiger partial charge in [-0.25, -0.2) is 9.78 Å². The molecule has 0 amide bonds. The minimum atomic E-state index is -0.988. The van der Waals surface area contributed by atoms with Crippen molar-refractivity contribution in [2.45, 2.75) is 6.92 Å². The normalized spacial score (nSPS) is 10.4. The van der Waals surface area contributed by atoms with Crippen molar-refractivity contribution in [2.24, 2.45) is 0 Å². The highest BCUT2D eigenvalue weighted by Crippen LogP contribution is 2.40. The molecule has 0 aliphatic heterocycles. The van der Waals surface area contributed by atoms with E-state index in [1.807, 2.05) is 42.5 Å². The lowest BCUT2D eigenvalue weighted by molar-refractivity contribution is 0.0701. The molecule has 0 spiro atoms. The largest absolute Gasteiger partial charge is 0.493 e. The molecule has 0 atom stereocenters. The van der Waals surface area contributed by atoms with Crippen LogP contribution in [0.2, 0.25) is 0 Å². The highest BCUT2D eigenvalue weighted by molar-refractivity contribution is 7.17. The molecule has 0 aliphatic rings. The van der Waals surface area contributed by atoms with Crippen LogP contribution in [0.5, 0.6) is 17.2 Å². The number of rotatable bonds is 8. The van der Waals surface area contributed by atoms with E-state index in [1.165, 1.54) is 0 Å². The molecule has 0 aliphatic carbocycles. The zero-order valence-electron chi connectivity index (χ0n) is 15.0. The third kappa shape index (κ3) is 4.38. The van der Waals surface area contributed by atoms with E-state index in [0.29, 0.717) is 41.0 Å². The number of hydrogen-bond donors (Lipinski definition) is 1. The van der Waals surface area contributed by atoms with Crippen molar-refractivity contribution in [2.75, 3.05) is 20.3 Å². The van der Waals surface area contributed by atoms with E-state index >= 15 is 0 Å². The van der Waals surface area contributed by atoms with Gasteiger partial charge in [0.05, 0.1) is 18.4 Å². The molecule has 1 heterocycles. The molecule has 0 saturated heterocycles. The summed E-state index contributed by atoms with van der Waals surface area (Å²) in [4.78, 5) is 15.9. The van der Waals surface area contributed by atoms with E-state index in [2.05, 4.69) is 4.98 Å². The summed E-state index contributed by atoms with van der Waals surface area (Å²) in [5, 5.41) is 9.85. The van der Waals surface area contributed by atoms with Gasteiger partial charge in [-0.05, 0) is 31.2 Å². The van der Waals surface area contributed by atoms with E-state index in [-0.39, 0.29) is 4.88 Å². The van der Waals surface area contributed by atoms with Gasteiger partial charge >= 0.3 is 5.97 Å². The smallest absolute Gasteiger partial charge is 0.347 e. The van der Waals surface area contributed by atoms with Gasteiger partial charge in [0.15, 0.2) is 11.5 Å². The van der Waals surface area contributed by atoms with Crippen molar-refractivity contribution in [3.8, 4) is 27.8 Å². The molecule has 1 N–H and O–H groups in total. The fraction of sp³-hybridized carbons (Fsp3) is 0.200. The number of aryl methyl sites for hydroxylation is 1. The minimum Gasteiger partial charge on any atom is -0.493 e. The van der Waals surface area contributed by atoms with Crippen LogP contribution >= 0.6 is 11.3 Å². The Bertz CT molecular complexity index is 923. The molecule has 0 radical (unpaired) electrons. The number of ether oxygens (including phenoxy) is 3. The number of nitrogens with zero attached hydrogens (tertiary/aromatic N) is 1. The zero-order valence-corrected chi connectivity index (χ0v) is 15.8. The Balaban J connectivity index is 1.79. The van der Waals surface area contributed by atoms with Gasteiger partial charge < -0.3 is 19.3 Å². The van der Waals surface area contributed by atoms with Gasteiger partial charge in [0.25, 0.3) is 0 Å². The predicted octanol–water partition coefficient (Wildman–Crippen LogP) is 4.28. The number of hydrogen-bond acceptors (Lipinski definition) is 6. The maximum Gasteiger partial charge on any atom is 0.347 e. The summed E-state index contributed by atoms with van der Waals surface area (Å²) in [6.45, 7) is 2.34. The van der Waals surface area contributed by atoms with E-state index in [1.54, 1.807) is 20.1 Å². The molecule has 0 unspecified atom stereocenters. The van der Waals surface area contributed by atoms with E-state index in [4.69, 9.17) is 14.2 Å². The van der Waals surface area contributed by atoms with Crippen molar-refractivity contribution in [3.63, 3.8) is 0 Å². The van der Waals surface area contributed by atoms with Crippen molar-refractivity contribution in [3.05, 3.63) is 59.1 Å². The zero-order chi connectivity index (χ0) is 19.2. The lowest BCUT2D eigenvalue weighted by atomic mass is 10.2. The summed E-state index contributed by atoms with van der Waals surface area (Å²) in [5.74, 6) is 0.847. The van der Waals surface area contributed by atoms with Crippen molar-refractivity contribution < 1.29 is 24.1 Å². The number of aromatic carboxylic acids is 1. The van der Waals surface area contributed by atoms with Gasteiger partial charge in [0.1, 0.15) is 28.8 Å². The van der Waals surface area contributed by atoms with Crippen LogP contribution < -0.4 is 14.2 Å². The molecule has 1 aromatic heterocycles. The van der Waals surface area contributed by atoms with Crippen molar-refractivity contribution in [1.29, 1.82) is 0 Å². The van der Waals surface area contributed by atoms with Crippen LogP contribution in [0.4, 0.5) is 0 Å². The highest BCUT2D eigenvalue weighted by Gasteiger charge is 2.20. The van der Waals surface area contributed by atoms with Crippen LogP contribution in [-0.4, -0.2) is 36.4 Å². The molecule has 0 fully saturated rings. The first kappa shape index (κ1) is 18.7. The molecular weight excluding hydrogens is 366 g/mol. The average Bonchev–Trinajstić information content (AvgIpc) is 3.07. The lowest BCUT2D eigenvalue weighted by Crippen LogP contribution is -2.10. The Morgan fingerprint density at radius 1 is 1.07 bits per heavy atom. The monoisotopic (exact) mass is 385 g/mol. The topological polar surface area (TPSA) is 77.9 Å². The number of carboxylic acids is 1. The number of methoxy groups -OCH3 is 1.